The molecule has 0 bridgehead atoms. The Kier molecular flexibility index (Phi) is 28.9. The Morgan fingerprint density at radius 1 is 0.701 bits per heavy atom. The van der Waals surface area contributed by atoms with Gasteiger partial charge in [-0.1, -0.05) is 87.6 Å². The molecule has 0 radical (unpaired) electrons. The van der Waals surface area contributed by atoms with Crippen molar-refractivity contribution in [2.45, 2.75) is 172 Å². The number of allylic oxidation sites excluding steroid dienone is 3. The van der Waals surface area contributed by atoms with Gasteiger partial charge in [-0.05, 0) is 153 Å². The third-order valence-electron chi connectivity index (χ3n) is 14.1. The van der Waals surface area contributed by atoms with Gasteiger partial charge in [0.15, 0.2) is 0 Å². The third kappa shape index (κ3) is 22.3. The van der Waals surface area contributed by atoms with Crippen molar-refractivity contribution in [2.75, 3.05) is 38.6 Å². The number of cyclic esters (lactones) is 2. The summed E-state index contributed by atoms with van der Waals surface area (Å²) in [6, 6.07) is 17.1. The molecular formula is C65H94N4O15P2Si. The maximum Gasteiger partial charge on any atom is 0.342 e. The fourth-order valence-corrected chi connectivity index (χ4v) is 13.9. The van der Waals surface area contributed by atoms with E-state index in [-0.39, 0.29) is 55.0 Å². The second-order valence-electron chi connectivity index (χ2n) is 23.3. The summed E-state index contributed by atoms with van der Waals surface area (Å²) in [6.45, 7) is 31.2. The summed E-state index contributed by atoms with van der Waals surface area (Å²) in [6.07, 6.45) is 7.14. The number of para-hydroxylation sites is 2. The van der Waals surface area contributed by atoms with Gasteiger partial charge in [0.1, 0.15) is 65.7 Å². The third-order valence-corrected chi connectivity index (χ3v) is 20.1. The molecule has 0 aromatic heterocycles. The average molecular weight is 1260 g/mol. The minimum Gasteiger partial charge on any atom is -0.507 e. The molecule has 2 heterocycles. The second-order valence-corrected chi connectivity index (χ2v) is 33.4. The number of rotatable bonds is 30. The van der Waals surface area contributed by atoms with E-state index in [1.807, 2.05) is 52.0 Å². The predicted molar refractivity (Wildman–Crippen MR) is 344 cm³/mol. The van der Waals surface area contributed by atoms with Gasteiger partial charge in [0, 0.05) is 50.0 Å². The molecule has 4 aromatic carbocycles. The predicted octanol–water partition coefficient (Wildman–Crippen LogP) is 12.0. The van der Waals surface area contributed by atoms with E-state index in [4.69, 9.17) is 38.5 Å². The van der Waals surface area contributed by atoms with Crippen molar-refractivity contribution in [2.24, 2.45) is 5.73 Å². The molecule has 478 valence electrons. The van der Waals surface area contributed by atoms with Crippen LogP contribution < -0.4 is 35.0 Å². The van der Waals surface area contributed by atoms with E-state index in [0.717, 1.165) is 69.7 Å². The molecule has 0 saturated carbocycles. The van der Waals surface area contributed by atoms with E-state index < -0.39 is 53.1 Å². The van der Waals surface area contributed by atoms with E-state index >= 15 is 0 Å². The summed E-state index contributed by atoms with van der Waals surface area (Å²) in [5.74, 6) is -0.173. The number of esters is 4. The summed E-state index contributed by atoms with van der Waals surface area (Å²) >= 11 is 0. The Balaban J connectivity index is 0.000000298. The number of ether oxygens (including phenoxy) is 5. The zero-order valence-corrected chi connectivity index (χ0v) is 56.4. The number of aldehydes is 1. The molecule has 2 unspecified atom stereocenters. The summed E-state index contributed by atoms with van der Waals surface area (Å²) in [5, 5.41) is 19.8. The van der Waals surface area contributed by atoms with Crippen molar-refractivity contribution >= 4 is 53.3 Å². The number of nitrogens with two attached hydrogens (primary N) is 1. The number of phenols is 1. The van der Waals surface area contributed by atoms with Crippen molar-refractivity contribution < 1.29 is 70.9 Å². The van der Waals surface area contributed by atoms with Crippen LogP contribution >= 0.6 is 15.0 Å². The lowest BCUT2D eigenvalue weighted by molar-refractivity contribution is -0.149. The number of aromatic hydroxyl groups is 1. The maximum absolute atomic E-state index is 13.7. The van der Waals surface area contributed by atoms with Crippen molar-refractivity contribution in [3.05, 3.63) is 140 Å². The number of fused-ring (bicyclic) bond motifs is 2. The van der Waals surface area contributed by atoms with Crippen LogP contribution in [0.2, 0.25) is 25.7 Å². The number of phenolic OH excluding ortho intramolecular Hbond substituents is 1. The highest BCUT2D eigenvalue weighted by Crippen LogP contribution is 2.45. The van der Waals surface area contributed by atoms with E-state index in [1.54, 1.807) is 97.0 Å². The highest BCUT2D eigenvalue weighted by molar-refractivity contribution is 7.57. The molecule has 4 atom stereocenters. The topological polar surface area (TPSA) is 266 Å². The summed E-state index contributed by atoms with van der Waals surface area (Å²) < 4.78 is 64.9. The van der Waals surface area contributed by atoms with Gasteiger partial charge in [-0.3, -0.25) is 23.5 Å². The van der Waals surface area contributed by atoms with Gasteiger partial charge in [-0.25, -0.2) is 19.8 Å². The molecule has 4 aromatic rings. The first-order valence-electron chi connectivity index (χ1n) is 29.8. The van der Waals surface area contributed by atoms with Gasteiger partial charge in [-0.2, -0.15) is 0 Å². The van der Waals surface area contributed by atoms with Crippen LogP contribution in [0.1, 0.15) is 134 Å². The highest BCUT2D eigenvalue weighted by atomic mass is 31.2. The van der Waals surface area contributed by atoms with Gasteiger partial charge in [-0.15, -0.1) is 0 Å². The molecule has 19 nitrogen and oxygen atoms in total. The van der Waals surface area contributed by atoms with Crippen LogP contribution in [0.5, 0.6) is 23.0 Å². The Hall–Kier alpha value is -6.37. The van der Waals surface area contributed by atoms with Crippen molar-refractivity contribution in [3.8, 4) is 23.0 Å². The van der Waals surface area contributed by atoms with Crippen molar-refractivity contribution in [1.82, 2.24) is 15.5 Å². The fourth-order valence-electron chi connectivity index (χ4n) is 9.56. The summed E-state index contributed by atoms with van der Waals surface area (Å²) in [7, 11) is -7.98. The maximum atomic E-state index is 13.7. The SMILES string of the molecule is CC(C)OC(=O)[C@H](C)NP(=O)(CCN)Oc1ccccc1.CCc1c(C)c2c(c(O)c1C/C=C(\C)CNCCP(=O)(N[C@@H](C)C(=O)OC(C)C)Oc1ccccc1)C(=O)OC2.CCc1c(C)c2c(c(OCC[Si](C)(C)C)c1C/C=C(\C)C=O)C(=O)OC2. The van der Waals surface area contributed by atoms with E-state index in [0.29, 0.717) is 67.5 Å². The van der Waals surface area contributed by atoms with E-state index in [2.05, 4.69) is 42.1 Å². The molecule has 2 aliphatic rings. The number of hydrogen-bond acceptors (Lipinski definition) is 17. The molecular weight excluding hydrogens is 1170 g/mol. The standard InChI is InChI=1S/C30H41N2O7P.C21H30O4Si.C14H23N2O4P/c1-7-24-21(5)26-18-37-30(35)27(26)28(33)25(24)14-13-20(4)17-31-15-16-40(36,39-23-11-9-8-10-12-23)32-22(6)29(34)38-19(2)3;1-7-16-15(3)18-13-25-21(23)19(18)20(24-10-11-26(4,5)6)17(16)9-8-14(2)12-22;1-11(2)19-14(17)12(3)16-21(18,10-9-15)20-13-7-5-4-6-8-13/h8-13,19,22,31,33H,7,14-18H2,1-6H3,(H,32,36);8,12H,7,9-11,13H2,1-6H3;4-8,11-12H,9-10,15H2,1-3H3,(H,16,18)/b20-13+;14-8+;/t22-,40?;;12-,21?/m0.0/s1. The number of benzene rings is 4. The van der Waals surface area contributed by atoms with Crippen LogP contribution in [0, 0.1) is 13.8 Å². The lowest BCUT2D eigenvalue weighted by Crippen LogP contribution is -2.37. The molecule has 0 saturated heterocycles. The Labute approximate surface area is 516 Å². The van der Waals surface area contributed by atoms with Crippen LogP contribution in [-0.2, 0) is 81.4 Å². The largest absolute Gasteiger partial charge is 0.507 e. The second kappa shape index (κ2) is 34.4. The van der Waals surface area contributed by atoms with Gasteiger partial charge in [0.25, 0.3) is 0 Å². The van der Waals surface area contributed by atoms with Gasteiger partial charge < -0.3 is 48.9 Å². The van der Waals surface area contributed by atoms with E-state index in [1.165, 1.54) is 5.56 Å². The zero-order chi connectivity index (χ0) is 64.8. The fraction of sp³-hybridized carbons (Fsp3) is 0.492. The lowest BCUT2D eigenvalue weighted by Gasteiger charge is -2.24. The van der Waals surface area contributed by atoms with Crippen LogP contribution in [-0.4, -0.2) is 106 Å². The molecule has 0 aliphatic carbocycles. The first kappa shape index (κ1) is 73.1. The van der Waals surface area contributed by atoms with Crippen LogP contribution in [0.4, 0.5) is 0 Å². The molecule has 0 amide bonds. The first-order valence-corrected chi connectivity index (χ1v) is 37.2. The summed E-state index contributed by atoms with van der Waals surface area (Å²) in [5.41, 5.74) is 15.9. The van der Waals surface area contributed by atoms with Gasteiger partial charge in [0.2, 0.25) is 0 Å². The number of hydrogen-bond donors (Lipinski definition) is 5. The molecule has 87 heavy (non-hydrogen) atoms. The number of nitrogens with one attached hydrogen (secondary N) is 3. The van der Waals surface area contributed by atoms with Crippen LogP contribution in [0.3, 0.4) is 0 Å². The summed E-state index contributed by atoms with van der Waals surface area (Å²) in [4.78, 5) is 59.7. The van der Waals surface area contributed by atoms with Crippen LogP contribution in [0.25, 0.3) is 0 Å². The number of carbonyl (C=O) groups excluding carboxylic acids is 5. The quantitative estimate of drug-likeness (QED) is 0.00475. The molecule has 2 aliphatic heterocycles. The Morgan fingerprint density at radius 3 is 1.62 bits per heavy atom. The average Bonchev–Trinajstić information content (AvgIpc) is 2.00. The Bertz CT molecular complexity index is 3160. The smallest absolute Gasteiger partial charge is 0.342 e. The monoisotopic (exact) mass is 1260 g/mol. The lowest BCUT2D eigenvalue weighted by atomic mass is 9.89. The van der Waals surface area contributed by atoms with Gasteiger partial charge in [0.05, 0.1) is 31.1 Å². The first-order chi connectivity index (χ1) is 41.0. The molecule has 0 spiro atoms. The minimum absolute atomic E-state index is 0.00662. The molecule has 0 fully saturated rings. The van der Waals surface area contributed by atoms with Gasteiger partial charge >= 0.3 is 38.9 Å². The molecule has 22 heteroatoms. The van der Waals surface area contributed by atoms with Crippen LogP contribution in [0.15, 0.2) is 84.0 Å². The normalized spacial score (nSPS) is 15.0. The zero-order valence-electron chi connectivity index (χ0n) is 53.6. The number of carbonyl (C=O) groups is 5. The molecule has 6 N–H and O–H groups in total. The Morgan fingerprint density at radius 2 is 1.16 bits per heavy atom. The highest BCUT2D eigenvalue weighted by Gasteiger charge is 2.35. The van der Waals surface area contributed by atoms with Crippen molar-refractivity contribution in [3.63, 3.8) is 0 Å². The minimum atomic E-state index is -3.46. The molecule has 6 rings (SSSR count). The van der Waals surface area contributed by atoms with Crippen molar-refractivity contribution in [1.29, 1.82) is 0 Å². The van der Waals surface area contributed by atoms with E-state index in [9.17, 15) is 38.2 Å².